The predicted molar refractivity (Wildman–Crippen MR) is 99.5 cm³/mol. The van der Waals surface area contributed by atoms with E-state index in [1.165, 1.54) is 6.26 Å². The van der Waals surface area contributed by atoms with Gasteiger partial charge < -0.3 is 14.2 Å². The van der Waals surface area contributed by atoms with Crippen LogP contribution in [-0.2, 0) is 0 Å². The Hall–Kier alpha value is -3.19. The minimum absolute atomic E-state index is 0.198. The summed E-state index contributed by atoms with van der Waals surface area (Å²) in [6.45, 7) is 0. The molecule has 1 N–H and O–H groups in total. The highest BCUT2D eigenvalue weighted by molar-refractivity contribution is 9.10. The van der Waals surface area contributed by atoms with Gasteiger partial charge in [0.2, 0.25) is 5.89 Å². The Morgan fingerprint density at radius 2 is 1.77 bits per heavy atom. The minimum Gasteiger partial charge on any atom is -0.459 e. The Kier molecular flexibility index (Phi) is 4.37. The third-order valence-corrected chi connectivity index (χ3v) is 4.16. The molecule has 4 aromatic rings. The van der Waals surface area contributed by atoms with Crippen molar-refractivity contribution in [3.63, 3.8) is 0 Å². The molecule has 0 unspecified atom stereocenters. The van der Waals surface area contributed by atoms with Gasteiger partial charge >= 0.3 is 0 Å². The SMILES string of the molecule is O=C(Nc1cccc(-c2nnc(-c3ccco3)o2)c1)c1ccc(Br)cc1. The van der Waals surface area contributed by atoms with E-state index in [0.29, 0.717) is 34.4 Å². The molecular weight excluding hydrogens is 398 g/mol. The molecular formula is C19H12BrN3O3. The molecule has 0 bridgehead atoms. The summed E-state index contributed by atoms with van der Waals surface area (Å²) in [5.41, 5.74) is 1.90. The van der Waals surface area contributed by atoms with Gasteiger partial charge in [0, 0.05) is 21.3 Å². The zero-order valence-electron chi connectivity index (χ0n) is 13.3. The van der Waals surface area contributed by atoms with Crippen LogP contribution in [0.1, 0.15) is 10.4 Å². The van der Waals surface area contributed by atoms with Crippen LogP contribution in [0.3, 0.4) is 0 Å². The van der Waals surface area contributed by atoms with Crippen LogP contribution in [0.25, 0.3) is 23.1 Å². The van der Waals surface area contributed by atoms with Crippen LogP contribution in [0.15, 0.2) is 80.2 Å². The van der Waals surface area contributed by atoms with E-state index in [0.717, 1.165) is 4.47 Å². The maximum absolute atomic E-state index is 12.3. The highest BCUT2D eigenvalue weighted by Crippen LogP contribution is 2.26. The predicted octanol–water partition coefficient (Wildman–Crippen LogP) is 5.01. The van der Waals surface area contributed by atoms with Gasteiger partial charge in [-0.15, -0.1) is 10.2 Å². The normalized spacial score (nSPS) is 10.7. The maximum atomic E-state index is 12.3. The Morgan fingerprint density at radius 3 is 2.54 bits per heavy atom. The summed E-state index contributed by atoms with van der Waals surface area (Å²) in [6, 6.07) is 17.8. The first kappa shape index (κ1) is 16.3. The minimum atomic E-state index is -0.198. The Bertz CT molecular complexity index is 1040. The van der Waals surface area contributed by atoms with Crippen molar-refractivity contribution in [2.24, 2.45) is 0 Å². The summed E-state index contributed by atoms with van der Waals surface area (Å²) < 4.78 is 11.8. The van der Waals surface area contributed by atoms with Gasteiger partial charge in [0.25, 0.3) is 11.8 Å². The molecule has 0 saturated carbocycles. The van der Waals surface area contributed by atoms with Gasteiger partial charge in [0.1, 0.15) is 0 Å². The fraction of sp³-hybridized carbons (Fsp3) is 0. The van der Waals surface area contributed by atoms with Crippen molar-refractivity contribution >= 4 is 27.5 Å². The van der Waals surface area contributed by atoms with E-state index in [2.05, 4.69) is 31.4 Å². The summed E-state index contributed by atoms with van der Waals surface area (Å²) in [6.07, 6.45) is 1.54. The first-order valence-corrected chi connectivity index (χ1v) is 8.53. The smallest absolute Gasteiger partial charge is 0.283 e. The van der Waals surface area contributed by atoms with E-state index in [1.54, 1.807) is 36.4 Å². The molecule has 0 radical (unpaired) electrons. The molecule has 2 aromatic carbocycles. The fourth-order valence-electron chi connectivity index (χ4n) is 2.37. The number of rotatable bonds is 4. The summed E-state index contributed by atoms with van der Waals surface area (Å²) in [5.74, 6) is 0.949. The van der Waals surface area contributed by atoms with Crippen LogP contribution < -0.4 is 5.32 Å². The molecule has 26 heavy (non-hydrogen) atoms. The molecule has 2 heterocycles. The van der Waals surface area contributed by atoms with Crippen LogP contribution in [0.4, 0.5) is 5.69 Å². The average Bonchev–Trinajstić information content (AvgIpc) is 3.34. The highest BCUT2D eigenvalue weighted by Gasteiger charge is 2.13. The van der Waals surface area contributed by atoms with Crippen molar-refractivity contribution in [3.05, 3.63) is 77.0 Å². The average molecular weight is 410 g/mol. The monoisotopic (exact) mass is 409 g/mol. The third-order valence-electron chi connectivity index (χ3n) is 3.63. The lowest BCUT2D eigenvalue weighted by molar-refractivity contribution is 0.102. The van der Waals surface area contributed by atoms with Crippen LogP contribution in [0.5, 0.6) is 0 Å². The lowest BCUT2D eigenvalue weighted by atomic mass is 10.1. The number of benzene rings is 2. The molecule has 7 heteroatoms. The van der Waals surface area contributed by atoms with Crippen molar-refractivity contribution in [3.8, 4) is 23.1 Å². The molecule has 0 aliphatic rings. The fourth-order valence-corrected chi connectivity index (χ4v) is 2.64. The lowest BCUT2D eigenvalue weighted by Crippen LogP contribution is -2.11. The highest BCUT2D eigenvalue weighted by atomic mass is 79.9. The second-order valence-corrected chi connectivity index (χ2v) is 6.35. The van der Waals surface area contributed by atoms with Crippen molar-refractivity contribution in [2.45, 2.75) is 0 Å². The van der Waals surface area contributed by atoms with Gasteiger partial charge in [0.15, 0.2) is 5.76 Å². The number of amides is 1. The van der Waals surface area contributed by atoms with E-state index < -0.39 is 0 Å². The topological polar surface area (TPSA) is 81.2 Å². The van der Waals surface area contributed by atoms with Crippen molar-refractivity contribution in [2.75, 3.05) is 5.32 Å². The lowest BCUT2D eigenvalue weighted by Gasteiger charge is -2.06. The summed E-state index contributed by atoms with van der Waals surface area (Å²) in [5, 5.41) is 10.9. The second kappa shape index (κ2) is 6.97. The van der Waals surface area contributed by atoms with Gasteiger partial charge in [-0.25, -0.2) is 0 Å². The molecule has 0 atom stereocenters. The number of anilines is 1. The largest absolute Gasteiger partial charge is 0.459 e. The van der Waals surface area contributed by atoms with E-state index >= 15 is 0 Å². The number of nitrogens with one attached hydrogen (secondary N) is 1. The van der Waals surface area contributed by atoms with Gasteiger partial charge in [-0.2, -0.15) is 0 Å². The molecule has 0 saturated heterocycles. The molecule has 6 nitrogen and oxygen atoms in total. The van der Waals surface area contributed by atoms with E-state index in [9.17, 15) is 4.79 Å². The second-order valence-electron chi connectivity index (χ2n) is 5.43. The van der Waals surface area contributed by atoms with Gasteiger partial charge in [-0.1, -0.05) is 22.0 Å². The number of halogens is 1. The standard InChI is InChI=1S/C19H12BrN3O3/c20-14-8-6-12(7-9-14)17(24)21-15-4-1-3-13(11-15)18-22-23-19(26-18)16-5-2-10-25-16/h1-11H,(H,21,24). The van der Waals surface area contributed by atoms with E-state index in [1.807, 2.05) is 24.3 Å². The Balaban J connectivity index is 1.55. The number of furan rings is 1. The van der Waals surface area contributed by atoms with Gasteiger partial charge in [-0.05, 0) is 54.6 Å². The van der Waals surface area contributed by atoms with Crippen LogP contribution in [-0.4, -0.2) is 16.1 Å². The summed E-state index contributed by atoms with van der Waals surface area (Å²) >= 11 is 3.35. The molecule has 128 valence electrons. The first-order valence-electron chi connectivity index (χ1n) is 7.74. The van der Waals surface area contributed by atoms with Crippen LogP contribution >= 0.6 is 15.9 Å². The van der Waals surface area contributed by atoms with Crippen molar-refractivity contribution in [1.82, 2.24) is 10.2 Å². The van der Waals surface area contributed by atoms with Crippen LogP contribution in [0, 0.1) is 0 Å². The summed E-state index contributed by atoms with van der Waals surface area (Å²) in [7, 11) is 0. The number of carbonyl (C=O) groups excluding carboxylic acids is 1. The molecule has 4 rings (SSSR count). The van der Waals surface area contributed by atoms with Gasteiger partial charge in [0.05, 0.1) is 6.26 Å². The number of nitrogens with zero attached hydrogens (tertiary/aromatic N) is 2. The number of hydrogen-bond donors (Lipinski definition) is 1. The van der Waals surface area contributed by atoms with Crippen molar-refractivity contribution < 1.29 is 13.6 Å². The number of hydrogen-bond acceptors (Lipinski definition) is 5. The summed E-state index contributed by atoms with van der Waals surface area (Å²) in [4.78, 5) is 12.3. The maximum Gasteiger partial charge on any atom is 0.283 e. The molecule has 0 aliphatic heterocycles. The van der Waals surface area contributed by atoms with Crippen molar-refractivity contribution in [1.29, 1.82) is 0 Å². The zero-order chi connectivity index (χ0) is 17.9. The zero-order valence-corrected chi connectivity index (χ0v) is 14.9. The first-order chi connectivity index (χ1) is 12.7. The van der Waals surface area contributed by atoms with E-state index in [4.69, 9.17) is 8.83 Å². The Morgan fingerprint density at radius 1 is 0.962 bits per heavy atom. The molecule has 0 spiro atoms. The quantitative estimate of drug-likeness (QED) is 0.512. The number of aromatic nitrogens is 2. The number of carbonyl (C=O) groups is 1. The van der Waals surface area contributed by atoms with Gasteiger partial charge in [-0.3, -0.25) is 4.79 Å². The molecule has 2 aromatic heterocycles. The van der Waals surface area contributed by atoms with Crippen LogP contribution in [0.2, 0.25) is 0 Å². The Labute approximate surface area is 157 Å². The molecule has 0 aliphatic carbocycles. The molecule has 0 fully saturated rings. The van der Waals surface area contributed by atoms with E-state index in [-0.39, 0.29) is 5.91 Å². The molecule has 1 amide bonds. The third kappa shape index (κ3) is 3.43.